The van der Waals surface area contributed by atoms with Crippen molar-refractivity contribution in [1.82, 2.24) is 14.4 Å². The van der Waals surface area contributed by atoms with Crippen LogP contribution in [0.1, 0.15) is 0 Å². The number of aromatic nitrogens is 3. The molecular weight excluding hydrogens is 451 g/mol. The van der Waals surface area contributed by atoms with Crippen LogP contribution in [-0.4, -0.2) is 9.38 Å². The van der Waals surface area contributed by atoms with E-state index >= 15 is 0 Å². The first-order chi connectivity index (χ1) is 6.86. The first-order valence-electron chi connectivity index (χ1n) is 4.17. The molecule has 3 aromatic rings. The molecule has 2 heterocycles. The third kappa shape index (κ3) is 2.06. The summed E-state index contributed by atoms with van der Waals surface area (Å²) in [6.45, 7) is 0. The van der Waals surface area contributed by atoms with Gasteiger partial charge in [-0.05, 0) is 5.52 Å². The molecule has 0 fully saturated rings. The van der Waals surface area contributed by atoms with Gasteiger partial charge in [-0.3, -0.25) is 0 Å². The molecule has 0 atom stereocenters. The van der Waals surface area contributed by atoms with E-state index in [4.69, 9.17) is 0 Å². The Bertz CT molecular complexity index is 676. The molecule has 1 aromatic carbocycles. The van der Waals surface area contributed by atoms with Gasteiger partial charge in [-0.2, -0.15) is 0 Å². The predicted octanol–water partition coefficient (Wildman–Crippen LogP) is 0.600. The molecule has 77 valence electrons. The van der Waals surface area contributed by atoms with Gasteiger partial charge >= 0.3 is 0 Å². The number of benzene rings is 1. The summed E-state index contributed by atoms with van der Waals surface area (Å²) in [7, 11) is 0. The van der Waals surface area contributed by atoms with Gasteiger partial charge in [0.15, 0.2) is 0 Å². The molecule has 0 spiro atoms. The van der Waals surface area contributed by atoms with Crippen LogP contribution in [0.2, 0.25) is 0 Å². The Labute approximate surface area is 131 Å². The standard InChI is InChI=1S/C10H6N3O.W.Y/c14-10-12-8-4-2-1-3-7(8)9-5-11-6-13(9)10;;/h1-5H,(H,12,14);;/q-1;;/p-1. The van der Waals surface area contributed by atoms with Crippen LogP contribution in [0, 0.1) is 6.33 Å². The Morgan fingerprint density at radius 2 is 2.06 bits per heavy atom. The molecule has 2 aromatic heterocycles. The van der Waals surface area contributed by atoms with Crippen molar-refractivity contribution < 1.29 is 53.8 Å². The molecule has 0 amide bonds. The fourth-order valence-electron chi connectivity index (χ4n) is 1.54. The van der Waals surface area contributed by atoms with Crippen LogP contribution in [0.4, 0.5) is 0 Å². The molecule has 1 radical (unpaired) electrons. The number of imidazole rings is 1. The van der Waals surface area contributed by atoms with Gasteiger partial charge in [0.1, 0.15) is 0 Å². The van der Waals surface area contributed by atoms with Gasteiger partial charge < -0.3 is 19.2 Å². The van der Waals surface area contributed by atoms with Gasteiger partial charge in [0.05, 0.1) is 5.69 Å². The van der Waals surface area contributed by atoms with Crippen molar-refractivity contribution in [3.63, 3.8) is 0 Å². The van der Waals surface area contributed by atoms with Crippen LogP contribution in [0.5, 0.6) is 0 Å². The Hall–Kier alpha value is -0.308. The Balaban J connectivity index is 0.000000640. The Kier molecular flexibility index (Phi) is 4.60. The largest absolute Gasteiger partial charge is 0.496 e. The van der Waals surface area contributed by atoms with Crippen LogP contribution >= 0.6 is 0 Å². The van der Waals surface area contributed by atoms with Gasteiger partial charge in [0, 0.05) is 53.8 Å². The van der Waals surface area contributed by atoms with E-state index < -0.39 is 0 Å². The van der Waals surface area contributed by atoms with E-state index in [2.05, 4.69) is 16.3 Å². The minimum Gasteiger partial charge on any atom is -0.496 e. The topological polar surface area (TPSA) is 48.5 Å². The summed E-state index contributed by atoms with van der Waals surface area (Å²) in [4.78, 5) is 19.2. The number of fused-ring (bicyclic) bond motifs is 3. The number of hydrogen-bond acceptors (Lipinski definition) is 2. The summed E-state index contributed by atoms with van der Waals surface area (Å²) in [5, 5.41) is 0.917. The van der Waals surface area contributed by atoms with Crippen LogP contribution < -0.4 is 10.7 Å². The van der Waals surface area contributed by atoms with E-state index in [1.165, 1.54) is 4.40 Å². The van der Waals surface area contributed by atoms with Crippen molar-refractivity contribution >= 4 is 16.4 Å². The minimum absolute atomic E-state index is 0. The molecule has 0 saturated carbocycles. The predicted molar refractivity (Wildman–Crippen MR) is 51.1 cm³/mol. The summed E-state index contributed by atoms with van der Waals surface area (Å²) in [5.74, 6) is 0. The van der Waals surface area contributed by atoms with E-state index in [9.17, 15) is 4.79 Å². The van der Waals surface area contributed by atoms with E-state index in [1.54, 1.807) is 6.20 Å². The zero-order valence-corrected chi connectivity index (χ0v) is 13.9. The monoisotopic (exact) mass is 456 g/mol. The molecule has 0 aliphatic carbocycles. The first-order valence-corrected chi connectivity index (χ1v) is 4.17. The van der Waals surface area contributed by atoms with Crippen LogP contribution in [0.25, 0.3) is 16.4 Å². The van der Waals surface area contributed by atoms with Gasteiger partial charge in [0.2, 0.25) is 0 Å². The summed E-state index contributed by atoms with van der Waals surface area (Å²) >= 11 is 0. The van der Waals surface area contributed by atoms with Crippen LogP contribution in [0.15, 0.2) is 35.3 Å². The van der Waals surface area contributed by atoms with E-state index in [-0.39, 0.29) is 59.5 Å². The molecule has 6 heteroatoms. The zero-order valence-electron chi connectivity index (χ0n) is 8.12. The summed E-state index contributed by atoms with van der Waals surface area (Å²) in [6, 6.07) is 7.48. The quantitative estimate of drug-likeness (QED) is 0.466. The van der Waals surface area contributed by atoms with E-state index in [1.807, 2.05) is 24.3 Å². The van der Waals surface area contributed by atoms with Gasteiger partial charge in [-0.25, -0.2) is 0 Å². The maximum atomic E-state index is 11.4. The van der Waals surface area contributed by atoms with Crippen LogP contribution in [0.3, 0.4) is 0 Å². The van der Waals surface area contributed by atoms with Gasteiger partial charge in [-0.15, -0.1) is 5.52 Å². The van der Waals surface area contributed by atoms with Crippen molar-refractivity contribution in [3.05, 3.63) is 47.3 Å². The van der Waals surface area contributed by atoms with E-state index in [0.717, 1.165) is 10.9 Å². The Morgan fingerprint density at radius 3 is 2.88 bits per heavy atom. The second-order valence-corrected chi connectivity index (χ2v) is 2.99. The van der Waals surface area contributed by atoms with Gasteiger partial charge in [0.25, 0.3) is 0 Å². The third-order valence-corrected chi connectivity index (χ3v) is 2.17. The third-order valence-electron chi connectivity index (χ3n) is 2.17. The second-order valence-electron chi connectivity index (χ2n) is 2.99. The molecule has 0 bridgehead atoms. The second kappa shape index (κ2) is 5.35. The normalized spacial score (nSPS) is 9.75. The molecule has 0 aliphatic heterocycles. The number of rotatable bonds is 0. The summed E-state index contributed by atoms with van der Waals surface area (Å²) < 4.78 is 1.32. The van der Waals surface area contributed by atoms with Crippen molar-refractivity contribution in [3.8, 4) is 0 Å². The number of nitrogens with zero attached hydrogens (tertiary/aromatic N) is 3. The maximum absolute atomic E-state index is 11.4. The molecule has 16 heavy (non-hydrogen) atoms. The number of hydrogen-bond donors (Lipinski definition) is 0. The molecule has 0 aliphatic rings. The molecule has 4 nitrogen and oxygen atoms in total. The smallest absolute Gasteiger partial charge is 0.0736 e. The SMILES string of the molecule is O=c1[n-]c2ccccc2c2cn[c-]n12.[W].[Y]. The minimum atomic E-state index is -0.337. The zero-order chi connectivity index (χ0) is 9.54. The number of para-hydroxylation sites is 1. The van der Waals surface area contributed by atoms with Crippen molar-refractivity contribution in [2.45, 2.75) is 0 Å². The molecule has 3 rings (SSSR count). The summed E-state index contributed by atoms with van der Waals surface area (Å²) in [5.41, 5.74) is 1.11. The van der Waals surface area contributed by atoms with Crippen molar-refractivity contribution in [1.29, 1.82) is 0 Å². The Morgan fingerprint density at radius 1 is 1.31 bits per heavy atom. The fourth-order valence-corrected chi connectivity index (χ4v) is 1.54. The van der Waals surface area contributed by atoms with Gasteiger partial charge in [-0.1, -0.05) is 42.2 Å². The first kappa shape index (κ1) is 13.8. The maximum Gasteiger partial charge on any atom is 0.0736 e. The van der Waals surface area contributed by atoms with E-state index in [0.29, 0.717) is 5.52 Å². The molecular formula is C10H5N3OWY-2. The van der Waals surface area contributed by atoms with Crippen molar-refractivity contribution in [2.24, 2.45) is 0 Å². The average Bonchev–Trinajstić information content (AvgIpc) is 2.67. The molecule has 0 N–H and O–H groups in total. The molecule has 0 saturated heterocycles. The summed E-state index contributed by atoms with van der Waals surface area (Å²) in [6.07, 6.45) is 4.19. The fraction of sp³-hybridized carbons (Fsp3) is 0. The molecule has 0 unspecified atom stereocenters. The van der Waals surface area contributed by atoms with Crippen molar-refractivity contribution in [2.75, 3.05) is 0 Å². The van der Waals surface area contributed by atoms with Crippen LogP contribution in [-0.2, 0) is 53.8 Å². The average molecular weight is 456 g/mol.